The zero-order valence-electron chi connectivity index (χ0n) is 7.47. The lowest BCUT2D eigenvalue weighted by Crippen LogP contribution is -2.28. The molecule has 64 valence electrons. The molecule has 2 unspecified atom stereocenters. The molecule has 0 aromatic carbocycles. The van der Waals surface area contributed by atoms with Crippen molar-refractivity contribution in [2.24, 2.45) is 23.0 Å². The van der Waals surface area contributed by atoms with Crippen molar-refractivity contribution in [1.29, 1.82) is 0 Å². The average Bonchev–Trinajstić information content (AvgIpc) is 2.61. The average molecular weight is 153 g/mol. The van der Waals surface area contributed by atoms with Gasteiger partial charge in [-0.2, -0.15) is 0 Å². The predicted molar refractivity (Wildman–Crippen MR) is 47.2 cm³/mol. The topological polar surface area (TPSA) is 26.0 Å². The molecule has 2 aliphatic rings. The third-order valence-electron chi connectivity index (χ3n) is 3.67. The van der Waals surface area contributed by atoms with E-state index < -0.39 is 0 Å². The van der Waals surface area contributed by atoms with Crippen molar-refractivity contribution in [2.45, 2.75) is 39.0 Å². The molecule has 0 aliphatic heterocycles. The van der Waals surface area contributed by atoms with Crippen molar-refractivity contribution < 1.29 is 0 Å². The van der Waals surface area contributed by atoms with E-state index in [1.165, 1.54) is 32.1 Å². The van der Waals surface area contributed by atoms with E-state index in [0.717, 1.165) is 18.4 Å². The zero-order chi connectivity index (χ0) is 7.90. The minimum absolute atomic E-state index is 0.586. The fraction of sp³-hybridized carbons (Fsp3) is 1.00. The molecule has 0 aromatic rings. The Bertz CT molecular complexity index is 143. The highest BCUT2D eigenvalue weighted by molar-refractivity contribution is 5.03. The van der Waals surface area contributed by atoms with Gasteiger partial charge in [-0.25, -0.2) is 0 Å². The second-order valence-electron chi connectivity index (χ2n) is 4.62. The van der Waals surface area contributed by atoms with Crippen LogP contribution >= 0.6 is 0 Å². The van der Waals surface area contributed by atoms with Crippen molar-refractivity contribution in [2.75, 3.05) is 6.54 Å². The summed E-state index contributed by atoms with van der Waals surface area (Å²) in [7, 11) is 0. The van der Waals surface area contributed by atoms with E-state index in [1.54, 1.807) is 0 Å². The third kappa shape index (κ3) is 1.20. The number of nitrogens with two attached hydrogens (primary N) is 1. The molecule has 0 heterocycles. The van der Waals surface area contributed by atoms with Gasteiger partial charge in [-0.05, 0) is 49.5 Å². The molecule has 0 saturated heterocycles. The maximum absolute atomic E-state index is 5.84. The van der Waals surface area contributed by atoms with E-state index >= 15 is 0 Å². The summed E-state index contributed by atoms with van der Waals surface area (Å²) >= 11 is 0. The van der Waals surface area contributed by atoms with Gasteiger partial charge in [0.25, 0.3) is 0 Å². The van der Waals surface area contributed by atoms with Crippen molar-refractivity contribution in [3.8, 4) is 0 Å². The molecule has 0 aromatic heterocycles. The highest BCUT2D eigenvalue weighted by Gasteiger charge is 2.52. The van der Waals surface area contributed by atoms with Crippen LogP contribution in [-0.4, -0.2) is 6.54 Å². The molecule has 11 heavy (non-hydrogen) atoms. The van der Waals surface area contributed by atoms with Gasteiger partial charge in [0, 0.05) is 0 Å². The highest BCUT2D eigenvalue weighted by Crippen LogP contribution is 2.60. The van der Waals surface area contributed by atoms with Gasteiger partial charge < -0.3 is 5.73 Å². The van der Waals surface area contributed by atoms with Gasteiger partial charge in [0.1, 0.15) is 0 Å². The van der Waals surface area contributed by atoms with Crippen molar-refractivity contribution in [1.82, 2.24) is 0 Å². The largest absolute Gasteiger partial charge is 0.330 e. The lowest BCUT2D eigenvalue weighted by molar-refractivity contribution is 0.250. The highest BCUT2D eigenvalue weighted by atomic mass is 14.7. The molecular weight excluding hydrogens is 134 g/mol. The van der Waals surface area contributed by atoms with Gasteiger partial charge in [-0.3, -0.25) is 0 Å². The van der Waals surface area contributed by atoms with Gasteiger partial charge in [0.2, 0.25) is 0 Å². The second kappa shape index (κ2) is 2.48. The summed E-state index contributed by atoms with van der Waals surface area (Å²) in [6, 6.07) is 0. The van der Waals surface area contributed by atoms with Crippen LogP contribution in [0, 0.1) is 17.3 Å². The van der Waals surface area contributed by atoms with Crippen molar-refractivity contribution in [3.05, 3.63) is 0 Å². The van der Waals surface area contributed by atoms with Gasteiger partial charge >= 0.3 is 0 Å². The summed E-state index contributed by atoms with van der Waals surface area (Å²) in [5.74, 6) is 2.18. The maximum Gasteiger partial charge on any atom is -0.00203 e. The first-order chi connectivity index (χ1) is 5.29. The fourth-order valence-corrected chi connectivity index (χ4v) is 3.01. The molecule has 0 spiro atoms. The quantitative estimate of drug-likeness (QED) is 0.660. The molecule has 2 saturated carbocycles. The zero-order valence-corrected chi connectivity index (χ0v) is 7.47. The summed E-state index contributed by atoms with van der Waals surface area (Å²) in [6.07, 6.45) is 7.10. The monoisotopic (exact) mass is 153 g/mol. The Morgan fingerprint density at radius 3 is 2.45 bits per heavy atom. The summed E-state index contributed by atoms with van der Waals surface area (Å²) in [4.78, 5) is 0. The van der Waals surface area contributed by atoms with Crippen LogP contribution in [-0.2, 0) is 0 Å². The molecule has 1 heteroatoms. The maximum atomic E-state index is 5.84. The molecule has 2 aliphatic carbocycles. The first-order valence-electron chi connectivity index (χ1n) is 5.00. The summed E-state index contributed by atoms with van der Waals surface area (Å²) in [6.45, 7) is 3.22. The molecule has 0 bridgehead atoms. The Hall–Kier alpha value is -0.0400. The van der Waals surface area contributed by atoms with Gasteiger partial charge in [-0.15, -0.1) is 0 Å². The number of fused-ring (bicyclic) bond motifs is 1. The lowest BCUT2D eigenvalue weighted by atomic mass is 9.79. The van der Waals surface area contributed by atoms with Crippen LogP contribution in [0.2, 0.25) is 0 Å². The van der Waals surface area contributed by atoms with Crippen LogP contribution in [0.15, 0.2) is 0 Å². The van der Waals surface area contributed by atoms with E-state index in [0.29, 0.717) is 5.41 Å². The number of hydrogen-bond acceptors (Lipinski definition) is 1. The summed E-state index contributed by atoms with van der Waals surface area (Å²) < 4.78 is 0. The number of rotatable bonds is 3. The van der Waals surface area contributed by atoms with E-state index in [-0.39, 0.29) is 0 Å². The van der Waals surface area contributed by atoms with Crippen LogP contribution in [0.1, 0.15) is 39.0 Å². The van der Waals surface area contributed by atoms with Crippen LogP contribution in [0.3, 0.4) is 0 Å². The normalized spacial score (nSPS) is 47.5. The van der Waals surface area contributed by atoms with Crippen LogP contribution < -0.4 is 5.73 Å². The van der Waals surface area contributed by atoms with E-state index in [9.17, 15) is 0 Å². The Labute approximate surface area is 69.4 Å². The van der Waals surface area contributed by atoms with Crippen molar-refractivity contribution in [3.63, 3.8) is 0 Å². The minimum Gasteiger partial charge on any atom is -0.330 e. The van der Waals surface area contributed by atoms with E-state index in [4.69, 9.17) is 5.73 Å². The van der Waals surface area contributed by atoms with Crippen LogP contribution in [0.25, 0.3) is 0 Å². The minimum atomic E-state index is 0.586. The molecular formula is C10H19N. The standard InChI is InChI=1S/C10H19N/c1-2-3-10(7-11)5-8-4-9(8)6-10/h8-9H,2-7,11H2,1H3. The van der Waals surface area contributed by atoms with Gasteiger partial charge in [0.15, 0.2) is 0 Å². The second-order valence-corrected chi connectivity index (χ2v) is 4.62. The first-order valence-corrected chi connectivity index (χ1v) is 5.00. The smallest absolute Gasteiger partial charge is 0.00203 e. The Morgan fingerprint density at radius 2 is 2.00 bits per heavy atom. The lowest BCUT2D eigenvalue weighted by Gasteiger charge is -2.28. The third-order valence-corrected chi connectivity index (χ3v) is 3.67. The fourth-order valence-electron chi connectivity index (χ4n) is 3.01. The summed E-state index contributed by atoms with van der Waals surface area (Å²) in [5, 5.41) is 0. The SMILES string of the molecule is CCCC1(CN)CC2CC2C1. The van der Waals surface area contributed by atoms with E-state index in [1.807, 2.05) is 0 Å². The predicted octanol–water partition coefficient (Wildman–Crippen LogP) is 2.16. The Kier molecular flexibility index (Phi) is 1.71. The molecule has 0 amide bonds. The summed E-state index contributed by atoms with van der Waals surface area (Å²) in [5.41, 5.74) is 6.42. The molecule has 2 fully saturated rings. The Balaban J connectivity index is 1.96. The Morgan fingerprint density at radius 1 is 1.36 bits per heavy atom. The van der Waals surface area contributed by atoms with E-state index in [2.05, 4.69) is 6.92 Å². The molecule has 2 N–H and O–H groups in total. The van der Waals surface area contributed by atoms with Crippen LogP contribution in [0.4, 0.5) is 0 Å². The first kappa shape index (κ1) is 7.60. The molecule has 2 atom stereocenters. The molecule has 1 nitrogen and oxygen atoms in total. The molecule has 0 radical (unpaired) electrons. The van der Waals surface area contributed by atoms with Crippen molar-refractivity contribution >= 4 is 0 Å². The van der Waals surface area contributed by atoms with Crippen LogP contribution in [0.5, 0.6) is 0 Å². The number of hydrogen-bond donors (Lipinski definition) is 1. The molecule has 2 rings (SSSR count). The van der Waals surface area contributed by atoms with Gasteiger partial charge in [-0.1, -0.05) is 13.3 Å². The van der Waals surface area contributed by atoms with Gasteiger partial charge in [0.05, 0.1) is 0 Å².